The van der Waals surface area contributed by atoms with Crippen LogP contribution >= 0.6 is 11.6 Å². The van der Waals surface area contributed by atoms with Crippen LogP contribution in [0.4, 0.5) is 13.2 Å². The fraction of sp³-hybridized carbons (Fsp3) is 0.125. The highest BCUT2D eigenvalue weighted by molar-refractivity contribution is 7.79. The third-order valence-corrected chi connectivity index (χ3v) is 4.63. The van der Waals surface area contributed by atoms with Gasteiger partial charge in [-0.05, 0) is 30.3 Å². The number of hydrogen-bond donors (Lipinski definition) is 1. The van der Waals surface area contributed by atoms with Crippen molar-refractivity contribution in [1.82, 2.24) is 9.97 Å². The number of nitrogens with zero attached hydrogens (tertiary/aromatic N) is 2. The first kappa shape index (κ1) is 18.6. The molecule has 0 bridgehead atoms. The fourth-order valence-electron chi connectivity index (χ4n) is 2.48. The number of methoxy groups -OCH3 is 1. The molecule has 1 heterocycles. The zero-order valence-corrected chi connectivity index (χ0v) is 14.6. The van der Waals surface area contributed by atoms with E-state index in [1.165, 1.54) is 31.6 Å². The number of ether oxygens (including phenoxy) is 1. The third kappa shape index (κ3) is 3.37. The van der Waals surface area contributed by atoms with Gasteiger partial charge in [0.15, 0.2) is 11.1 Å². The highest BCUT2D eigenvalue weighted by atomic mass is 35.5. The van der Waals surface area contributed by atoms with Crippen molar-refractivity contribution in [3.8, 4) is 17.0 Å². The highest BCUT2D eigenvalue weighted by Gasteiger charge is 2.34. The van der Waals surface area contributed by atoms with E-state index in [0.717, 1.165) is 12.1 Å². The van der Waals surface area contributed by atoms with Crippen LogP contribution in [0, 0.1) is 0 Å². The van der Waals surface area contributed by atoms with Crippen LogP contribution in [0.2, 0.25) is 5.02 Å². The second-order valence-electron chi connectivity index (χ2n) is 5.18. The maximum atomic E-state index is 13.1. The van der Waals surface area contributed by atoms with E-state index in [1.807, 2.05) is 0 Å². The van der Waals surface area contributed by atoms with Crippen molar-refractivity contribution < 1.29 is 26.7 Å². The van der Waals surface area contributed by atoms with Crippen LogP contribution in [0.25, 0.3) is 22.2 Å². The molecule has 26 heavy (non-hydrogen) atoms. The molecular formula is C16H10ClF3N2O3S. The van der Waals surface area contributed by atoms with Gasteiger partial charge in [-0.1, -0.05) is 11.6 Å². The van der Waals surface area contributed by atoms with Gasteiger partial charge in [0.05, 0.1) is 33.8 Å². The van der Waals surface area contributed by atoms with Gasteiger partial charge in [-0.25, -0.2) is 14.2 Å². The molecule has 0 aliphatic heterocycles. The van der Waals surface area contributed by atoms with Crippen LogP contribution in [0.5, 0.6) is 5.75 Å². The van der Waals surface area contributed by atoms with Crippen molar-refractivity contribution in [2.24, 2.45) is 0 Å². The summed E-state index contributed by atoms with van der Waals surface area (Å²) in [4.78, 5) is 8.30. The lowest BCUT2D eigenvalue weighted by Gasteiger charge is -2.15. The fourth-order valence-corrected chi connectivity index (χ4v) is 3.15. The summed E-state index contributed by atoms with van der Waals surface area (Å²) in [6.45, 7) is 0. The van der Waals surface area contributed by atoms with Gasteiger partial charge >= 0.3 is 6.18 Å². The highest BCUT2D eigenvalue weighted by Crippen LogP contribution is 2.42. The van der Waals surface area contributed by atoms with Crippen LogP contribution in [-0.2, 0) is 17.3 Å². The minimum atomic E-state index is -4.63. The average molecular weight is 403 g/mol. The lowest BCUT2D eigenvalue weighted by molar-refractivity contribution is -0.137. The topological polar surface area (TPSA) is 72.3 Å². The largest absolute Gasteiger partial charge is 0.496 e. The first-order valence-electron chi connectivity index (χ1n) is 7.03. The summed E-state index contributed by atoms with van der Waals surface area (Å²) >= 11 is 3.63. The number of halogens is 4. The van der Waals surface area contributed by atoms with Gasteiger partial charge in [0.25, 0.3) is 0 Å². The van der Waals surface area contributed by atoms with E-state index in [9.17, 15) is 21.9 Å². The Balaban J connectivity index is 2.26. The summed E-state index contributed by atoms with van der Waals surface area (Å²) in [6, 6.07) is 6.25. The van der Waals surface area contributed by atoms with Gasteiger partial charge in [0.2, 0.25) is 0 Å². The van der Waals surface area contributed by atoms with E-state index in [4.69, 9.17) is 16.3 Å². The Morgan fingerprint density at radius 3 is 2.54 bits per heavy atom. The minimum absolute atomic E-state index is 0.0588. The van der Waals surface area contributed by atoms with Crippen molar-refractivity contribution in [2.75, 3.05) is 7.11 Å². The van der Waals surface area contributed by atoms with E-state index in [1.54, 1.807) is 0 Å². The number of aromatic nitrogens is 2. The molecule has 1 atom stereocenters. The Labute approximate surface area is 153 Å². The van der Waals surface area contributed by atoms with Crippen molar-refractivity contribution in [2.45, 2.75) is 11.1 Å². The maximum Gasteiger partial charge on any atom is 0.417 e. The van der Waals surface area contributed by atoms with Gasteiger partial charge in [-0.15, -0.1) is 0 Å². The number of benzene rings is 2. The average Bonchev–Trinajstić information content (AvgIpc) is 2.59. The van der Waals surface area contributed by atoms with Crippen molar-refractivity contribution in [1.29, 1.82) is 0 Å². The minimum Gasteiger partial charge on any atom is -0.496 e. The molecule has 5 nitrogen and oxygen atoms in total. The molecule has 0 saturated heterocycles. The Kier molecular flexibility index (Phi) is 4.87. The van der Waals surface area contributed by atoms with Crippen LogP contribution < -0.4 is 4.74 Å². The zero-order valence-electron chi connectivity index (χ0n) is 13.0. The third-order valence-electron chi connectivity index (χ3n) is 3.66. The van der Waals surface area contributed by atoms with Gasteiger partial charge in [-0.2, -0.15) is 13.2 Å². The summed E-state index contributed by atoms with van der Waals surface area (Å²) in [5, 5.41) is -0.0241. The standard InChI is InChI=1S/C16H10ClF3N2O3S/c1-25-14-6-11(16(18,19)20)12(17)5-10(14)15-9-3-2-8(26(23)24)4-13(9)21-7-22-15/h2-7H,1H3,(H,23,24). The molecule has 0 saturated carbocycles. The first-order valence-corrected chi connectivity index (χ1v) is 8.51. The van der Waals surface area contributed by atoms with E-state index in [0.29, 0.717) is 10.9 Å². The van der Waals surface area contributed by atoms with Gasteiger partial charge in [0, 0.05) is 10.9 Å². The predicted octanol–water partition coefficient (Wildman–Crippen LogP) is 4.56. The summed E-state index contributed by atoms with van der Waals surface area (Å²) in [6.07, 6.45) is -3.43. The van der Waals surface area contributed by atoms with Crippen LogP contribution in [0.1, 0.15) is 5.56 Å². The molecule has 0 spiro atoms. The molecule has 0 aliphatic carbocycles. The van der Waals surface area contributed by atoms with Crippen molar-refractivity contribution >= 4 is 33.6 Å². The SMILES string of the molecule is COc1cc(C(F)(F)F)c(Cl)cc1-c1ncnc2cc(S(=O)O)ccc12. The van der Waals surface area contributed by atoms with E-state index < -0.39 is 27.8 Å². The molecule has 10 heteroatoms. The van der Waals surface area contributed by atoms with Crippen LogP contribution in [0.3, 0.4) is 0 Å². The normalized spacial score (nSPS) is 13.0. The molecule has 0 amide bonds. The molecule has 0 aliphatic rings. The molecule has 0 fully saturated rings. The number of hydrogen-bond acceptors (Lipinski definition) is 4. The van der Waals surface area contributed by atoms with Gasteiger partial charge < -0.3 is 9.29 Å². The second kappa shape index (κ2) is 6.82. The Bertz CT molecular complexity index is 1030. The van der Waals surface area contributed by atoms with Crippen molar-refractivity contribution in [3.63, 3.8) is 0 Å². The van der Waals surface area contributed by atoms with E-state index >= 15 is 0 Å². The second-order valence-corrected chi connectivity index (χ2v) is 6.56. The molecule has 3 aromatic rings. The summed E-state index contributed by atoms with van der Waals surface area (Å²) in [5.41, 5.74) is -0.127. The number of alkyl halides is 3. The molecule has 3 rings (SSSR count). The summed E-state index contributed by atoms with van der Waals surface area (Å²) in [5.74, 6) is -0.0588. The molecule has 1 unspecified atom stereocenters. The molecule has 0 radical (unpaired) electrons. The molecule has 136 valence electrons. The van der Waals surface area contributed by atoms with E-state index in [-0.39, 0.29) is 21.9 Å². The Morgan fingerprint density at radius 1 is 1.19 bits per heavy atom. The monoisotopic (exact) mass is 402 g/mol. The van der Waals surface area contributed by atoms with Crippen LogP contribution in [0.15, 0.2) is 41.6 Å². The van der Waals surface area contributed by atoms with E-state index in [2.05, 4.69) is 9.97 Å². The maximum absolute atomic E-state index is 13.1. The molecule has 1 aromatic heterocycles. The molecule has 2 aromatic carbocycles. The van der Waals surface area contributed by atoms with Gasteiger partial charge in [-0.3, -0.25) is 0 Å². The lowest BCUT2D eigenvalue weighted by Crippen LogP contribution is -2.07. The lowest BCUT2D eigenvalue weighted by atomic mass is 10.0. The first-order chi connectivity index (χ1) is 12.2. The molecule has 1 N–H and O–H groups in total. The smallest absolute Gasteiger partial charge is 0.417 e. The Hall–Kier alpha value is -2.23. The number of fused-ring (bicyclic) bond motifs is 1. The quantitative estimate of drug-likeness (QED) is 0.650. The summed E-state index contributed by atoms with van der Waals surface area (Å²) < 4.78 is 64.6. The molecular weight excluding hydrogens is 393 g/mol. The van der Waals surface area contributed by atoms with Crippen molar-refractivity contribution in [3.05, 3.63) is 47.2 Å². The number of rotatable bonds is 3. The van der Waals surface area contributed by atoms with Crippen LogP contribution in [-0.4, -0.2) is 25.8 Å². The summed E-state index contributed by atoms with van der Waals surface area (Å²) in [7, 11) is 1.24. The predicted molar refractivity (Wildman–Crippen MR) is 90.6 cm³/mol. The Morgan fingerprint density at radius 2 is 1.92 bits per heavy atom. The van der Waals surface area contributed by atoms with Gasteiger partial charge in [0.1, 0.15) is 12.1 Å². The zero-order chi connectivity index (χ0) is 19.1.